The maximum Gasteiger partial charge on any atom is 0.337 e. The molecule has 3 rings (SSSR count). The molecule has 0 bridgehead atoms. The van der Waals surface area contributed by atoms with E-state index in [9.17, 15) is 14.4 Å². The first-order valence-corrected chi connectivity index (χ1v) is 10.3. The molecular weight excluding hydrogens is 420 g/mol. The van der Waals surface area contributed by atoms with Gasteiger partial charge in [0.15, 0.2) is 0 Å². The molecule has 0 atom stereocenters. The van der Waals surface area contributed by atoms with Gasteiger partial charge in [-0.1, -0.05) is 11.6 Å². The molecule has 0 unspecified atom stereocenters. The number of rotatable bonds is 6. The molecule has 2 N–H and O–H groups in total. The Morgan fingerprint density at radius 2 is 1.58 bits per heavy atom. The molecule has 1 saturated heterocycles. The highest BCUT2D eigenvalue weighted by Crippen LogP contribution is 2.19. The second kappa shape index (κ2) is 10.8. The highest BCUT2D eigenvalue weighted by Gasteiger charge is 2.18. The summed E-state index contributed by atoms with van der Waals surface area (Å²) in [4.78, 5) is 40.1. The van der Waals surface area contributed by atoms with Gasteiger partial charge in [0.1, 0.15) is 0 Å². The predicted octanol–water partition coefficient (Wildman–Crippen LogP) is 2.00. The van der Waals surface area contributed by atoms with E-state index in [1.165, 1.54) is 31.4 Å². The van der Waals surface area contributed by atoms with Crippen LogP contribution in [0.2, 0.25) is 5.02 Å². The van der Waals surface area contributed by atoms with E-state index in [0.717, 1.165) is 36.9 Å². The van der Waals surface area contributed by atoms with Gasteiger partial charge in [0, 0.05) is 55.7 Å². The summed E-state index contributed by atoms with van der Waals surface area (Å²) in [5.41, 5.74) is 1.93. The van der Waals surface area contributed by atoms with Gasteiger partial charge in [-0.15, -0.1) is 0 Å². The van der Waals surface area contributed by atoms with Gasteiger partial charge in [-0.05, 0) is 48.5 Å². The van der Waals surface area contributed by atoms with Crippen LogP contribution >= 0.6 is 11.6 Å². The summed E-state index contributed by atoms with van der Waals surface area (Å²) in [6.45, 7) is 4.57. The first kappa shape index (κ1) is 22.6. The lowest BCUT2D eigenvalue weighted by Crippen LogP contribution is -2.49. The number of benzene rings is 2. The third kappa shape index (κ3) is 6.44. The van der Waals surface area contributed by atoms with Gasteiger partial charge in [-0.25, -0.2) is 4.79 Å². The smallest absolute Gasteiger partial charge is 0.337 e. The van der Waals surface area contributed by atoms with Crippen molar-refractivity contribution in [2.24, 2.45) is 0 Å². The van der Waals surface area contributed by atoms with E-state index in [0.29, 0.717) is 24.3 Å². The van der Waals surface area contributed by atoms with Crippen LogP contribution in [0.4, 0.5) is 11.4 Å². The molecule has 1 aliphatic rings. The van der Waals surface area contributed by atoms with Gasteiger partial charge in [0.2, 0.25) is 0 Å². The van der Waals surface area contributed by atoms with Crippen molar-refractivity contribution in [1.29, 1.82) is 0 Å². The molecule has 2 amide bonds. The Morgan fingerprint density at radius 1 is 0.935 bits per heavy atom. The number of methoxy groups -OCH3 is 1. The minimum absolute atomic E-state index is 0.362. The summed E-state index contributed by atoms with van der Waals surface area (Å²) in [7, 11) is 1.29. The number of piperazine rings is 1. The van der Waals surface area contributed by atoms with Gasteiger partial charge in [-0.2, -0.15) is 0 Å². The maximum atomic E-state index is 12.0. The van der Waals surface area contributed by atoms with Crippen LogP contribution in [-0.2, 0) is 14.3 Å². The summed E-state index contributed by atoms with van der Waals surface area (Å²) in [5.74, 6) is -1.92. The van der Waals surface area contributed by atoms with Crippen molar-refractivity contribution in [2.75, 3.05) is 56.6 Å². The minimum atomic E-state index is -0.752. The Hall–Kier alpha value is -3.10. The third-order valence-corrected chi connectivity index (χ3v) is 5.30. The van der Waals surface area contributed by atoms with Crippen molar-refractivity contribution in [3.8, 4) is 0 Å². The number of amides is 2. The highest BCUT2D eigenvalue weighted by atomic mass is 35.5. The Labute approximate surface area is 186 Å². The molecule has 31 heavy (non-hydrogen) atoms. The predicted molar refractivity (Wildman–Crippen MR) is 120 cm³/mol. The molecule has 2 aromatic carbocycles. The molecule has 9 heteroatoms. The summed E-state index contributed by atoms with van der Waals surface area (Å²) in [6.07, 6.45) is 0. The van der Waals surface area contributed by atoms with Crippen LogP contribution in [0, 0.1) is 0 Å². The van der Waals surface area contributed by atoms with Crippen LogP contribution in [0.15, 0.2) is 48.5 Å². The Balaban J connectivity index is 1.36. The summed E-state index contributed by atoms with van der Waals surface area (Å²) in [5, 5.41) is 5.87. The van der Waals surface area contributed by atoms with Gasteiger partial charge in [-0.3, -0.25) is 14.5 Å². The maximum absolute atomic E-state index is 12.0. The number of ether oxygens (including phenoxy) is 1. The monoisotopic (exact) mass is 444 g/mol. The zero-order valence-electron chi connectivity index (χ0n) is 17.3. The van der Waals surface area contributed by atoms with Gasteiger partial charge < -0.3 is 20.3 Å². The van der Waals surface area contributed by atoms with Gasteiger partial charge in [0.25, 0.3) is 0 Å². The summed E-state index contributed by atoms with van der Waals surface area (Å²) < 4.78 is 4.62. The summed E-state index contributed by atoms with van der Waals surface area (Å²) in [6, 6.07) is 13.9. The van der Waals surface area contributed by atoms with Crippen molar-refractivity contribution in [3.05, 3.63) is 59.1 Å². The fraction of sp³-hybridized carbons (Fsp3) is 0.318. The average molecular weight is 445 g/mol. The molecule has 1 aliphatic heterocycles. The van der Waals surface area contributed by atoms with Crippen molar-refractivity contribution in [3.63, 3.8) is 0 Å². The molecule has 8 nitrogen and oxygen atoms in total. The van der Waals surface area contributed by atoms with Crippen molar-refractivity contribution < 1.29 is 19.1 Å². The van der Waals surface area contributed by atoms with Crippen LogP contribution < -0.4 is 15.5 Å². The first-order valence-electron chi connectivity index (χ1n) is 9.96. The molecular formula is C22H25ClN4O4. The van der Waals surface area contributed by atoms with Crippen LogP contribution in [0.25, 0.3) is 0 Å². The highest BCUT2D eigenvalue weighted by molar-refractivity contribution is 6.39. The van der Waals surface area contributed by atoms with E-state index in [4.69, 9.17) is 11.6 Å². The number of nitrogens with one attached hydrogen (secondary N) is 2. The van der Waals surface area contributed by atoms with Crippen LogP contribution in [0.5, 0.6) is 0 Å². The van der Waals surface area contributed by atoms with E-state index in [-0.39, 0.29) is 0 Å². The molecule has 1 heterocycles. The fourth-order valence-corrected chi connectivity index (χ4v) is 3.41. The molecule has 164 valence electrons. The molecule has 0 radical (unpaired) electrons. The molecule has 0 spiro atoms. The lowest BCUT2D eigenvalue weighted by atomic mass is 10.2. The van der Waals surface area contributed by atoms with Gasteiger partial charge in [0.05, 0.1) is 12.7 Å². The molecule has 0 aliphatic carbocycles. The van der Waals surface area contributed by atoms with E-state index in [1.807, 2.05) is 24.3 Å². The molecule has 0 aromatic heterocycles. The first-order chi connectivity index (χ1) is 15.0. The zero-order chi connectivity index (χ0) is 22.2. The molecule has 0 saturated carbocycles. The lowest BCUT2D eigenvalue weighted by Gasteiger charge is -2.36. The second-order valence-corrected chi connectivity index (χ2v) is 7.52. The van der Waals surface area contributed by atoms with E-state index in [2.05, 4.69) is 25.2 Å². The standard InChI is InChI=1S/C22H25ClN4O4/c1-31-22(30)16-2-6-18(7-3-16)25-21(29)20(28)24-10-11-26-12-14-27(15-13-26)19-8-4-17(23)5-9-19/h2-9H,10-15H2,1H3,(H,24,28)(H,25,29). The number of carbonyl (C=O) groups excluding carboxylic acids is 3. The largest absolute Gasteiger partial charge is 0.465 e. The van der Waals surface area contributed by atoms with E-state index in [1.54, 1.807) is 0 Å². The third-order valence-electron chi connectivity index (χ3n) is 5.05. The lowest BCUT2D eigenvalue weighted by molar-refractivity contribution is -0.136. The number of halogens is 1. The normalized spacial score (nSPS) is 14.1. The Kier molecular flexibility index (Phi) is 7.86. The van der Waals surface area contributed by atoms with Crippen LogP contribution in [0.1, 0.15) is 10.4 Å². The number of carbonyl (C=O) groups is 3. The Bertz CT molecular complexity index is 910. The van der Waals surface area contributed by atoms with Crippen molar-refractivity contribution >= 4 is 40.8 Å². The summed E-state index contributed by atoms with van der Waals surface area (Å²) >= 11 is 5.94. The topological polar surface area (TPSA) is 91.0 Å². The van der Waals surface area contributed by atoms with Crippen molar-refractivity contribution in [2.45, 2.75) is 0 Å². The van der Waals surface area contributed by atoms with Crippen LogP contribution in [-0.4, -0.2) is 69.1 Å². The molecule has 2 aromatic rings. The number of hydrogen-bond donors (Lipinski definition) is 2. The fourth-order valence-electron chi connectivity index (χ4n) is 3.28. The van der Waals surface area contributed by atoms with E-state index >= 15 is 0 Å². The Morgan fingerprint density at radius 3 is 2.19 bits per heavy atom. The number of anilines is 2. The number of esters is 1. The number of hydrogen-bond acceptors (Lipinski definition) is 6. The minimum Gasteiger partial charge on any atom is -0.465 e. The van der Waals surface area contributed by atoms with Crippen LogP contribution in [0.3, 0.4) is 0 Å². The average Bonchev–Trinajstić information content (AvgIpc) is 2.80. The van der Waals surface area contributed by atoms with E-state index < -0.39 is 17.8 Å². The second-order valence-electron chi connectivity index (χ2n) is 7.08. The zero-order valence-corrected chi connectivity index (χ0v) is 18.0. The SMILES string of the molecule is COC(=O)c1ccc(NC(=O)C(=O)NCCN2CCN(c3ccc(Cl)cc3)CC2)cc1. The van der Waals surface area contributed by atoms with Crippen molar-refractivity contribution in [1.82, 2.24) is 10.2 Å². The number of nitrogens with zero attached hydrogens (tertiary/aromatic N) is 2. The van der Waals surface area contributed by atoms with Gasteiger partial charge >= 0.3 is 17.8 Å². The molecule has 1 fully saturated rings. The quantitative estimate of drug-likeness (QED) is 0.523.